The Morgan fingerprint density at radius 2 is 1.29 bits per heavy atom. The van der Waals surface area contributed by atoms with Gasteiger partial charge < -0.3 is 9.84 Å². The van der Waals surface area contributed by atoms with Gasteiger partial charge in [0.1, 0.15) is 17.7 Å². The molecule has 0 saturated carbocycles. The van der Waals surface area contributed by atoms with E-state index in [4.69, 9.17) is 4.74 Å². The molecule has 3 aromatic carbocycles. The van der Waals surface area contributed by atoms with Crippen LogP contribution in [0, 0.1) is 11.6 Å². The van der Waals surface area contributed by atoms with Crippen LogP contribution in [0.15, 0.2) is 78.9 Å². The SMILES string of the molecule is C[C@H](O)[C@@H](c1ccccc1)N1CCN(CCOC(c2ccc(F)cc2)c2ccc(F)cc2)CC1. The average Bonchev–Trinajstić information content (AvgIpc) is 2.85. The van der Waals surface area contributed by atoms with Gasteiger partial charge in [0.2, 0.25) is 0 Å². The fourth-order valence-corrected chi connectivity index (χ4v) is 4.67. The van der Waals surface area contributed by atoms with Crippen LogP contribution in [-0.4, -0.2) is 60.3 Å². The summed E-state index contributed by atoms with van der Waals surface area (Å²) in [5.74, 6) is -0.601. The summed E-state index contributed by atoms with van der Waals surface area (Å²) in [6.07, 6.45) is -0.843. The molecule has 1 heterocycles. The molecule has 0 amide bonds. The van der Waals surface area contributed by atoms with Gasteiger partial charge in [-0.3, -0.25) is 9.80 Å². The standard InChI is InChI=1S/C28H32F2N2O2/c1-21(33)27(22-5-3-2-4-6-22)32-17-15-31(16-18-32)19-20-34-28(23-7-11-25(29)12-8-23)24-9-13-26(30)14-10-24/h2-14,21,27-28,33H,15-20H2,1H3/t21-,27-/m0/s1. The molecular weight excluding hydrogens is 434 g/mol. The van der Waals surface area contributed by atoms with Crippen LogP contribution in [0.3, 0.4) is 0 Å². The summed E-state index contributed by atoms with van der Waals surface area (Å²) in [6, 6.07) is 22.7. The normalized spacial score (nSPS) is 17.1. The first-order chi connectivity index (χ1) is 16.5. The molecule has 1 aliphatic rings. The zero-order chi connectivity index (χ0) is 23.9. The Kier molecular flexibility index (Phi) is 8.40. The van der Waals surface area contributed by atoms with Crippen LogP contribution in [0.25, 0.3) is 0 Å². The van der Waals surface area contributed by atoms with Crippen LogP contribution >= 0.6 is 0 Å². The lowest BCUT2D eigenvalue weighted by Crippen LogP contribution is -2.50. The summed E-state index contributed by atoms with van der Waals surface area (Å²) in [7, 11) is 0. The van der Waals surface area contributed by atoms with E-state index in [2.05, 4.69) is 21.9 Å². The van der Waals surface area contributed by atoms with Crippen LogP contribution < -0.4 is 0 Å². The molecule has 0 radical (unpaired) electrons. The van der Waals surface area contributed by atoms with Gasteiger partial charge in [0.05, 0.1) is 18.8 Å². The Bertz CT molecular complexity index is 959. The summed E-state index contributed by atoms with van der Waals surface area (Å²) < 4.78 is 33.1. The van der Waals surface area contributed by atoms with Crippen molar-refractivity contribution in [2.24, 2.45) is 0 Å². The van der Waals surface area contributed by atoms with Crippen LogP contribution in [0.4, 0.5) is 8.78 Å². The zero-order valence-electron chi connectivity index (χ0n) is 19.5. The first-order valence-electron chi connectivity index (χ1n) is 11.8. The molecule has 180 valence electrons. The molecule has 4 nitrogen and oxygen atoms in total. The lowest BCUT2D eigenvalue weighted by Gasteiger charge is -2.40. The Morgan fingerprint density at radius 1 is 0.765 bits per heavy atom. The van der Waals surface area contributed by atoms with Crippen molar-refractivity contribution in [3.8, 4) is 0 Å². The monoisotopic (exact) mass is 466 g/mol. The lowest BCUT2D eigenvalue weighted by molar-refractivity contribution is 0.0105. The Labute approximate surface area is 200 Å². The van der Waals surface area contributed by atoms with Gasteiger partial charge in [-0.05, 0) is 47.9 Å². The van der Waals surface area contributed by atoms with Gasteiger partial charge in [-0.25, -0.2) is 8.78 Å². The first kappa shape index (κ1) is 24.5. The number of hydrogen-bond donors (Lipinski definition) is 1. The van der Waals surface area contributed by atoms with Crippen LogP contribution in [-0.2, 0) is 4.74 Å². The van der Waals surface area contributed by atoms with Gasteiger partial charge in [0, 0.05) is 32.7 Å². The third-order valence-corrected chi connectivity index (χ3v) is 6.44. The molecule has 1 N–H and O–H groups in total. The van der Waals surface area contributed by atoms with Gasteiger partial charge in [0.15, 0.2) is 0 Å². The smallest absolute Gasteiger partial charge is 0.123 e. The van der Waals surface area contributed by atoms with Crippen molar-refractivity contribution in [2.75, 3.05) is 39.3 Å². The summed E-state index contributed by atoms with van der Waals surface area (Å²) in [6.45, 7) is 6.61. The number of halogens is 2. The van der Waals surface area contributed by atoms with Crippen molar-refractivity contribution in [3.05, 3.63) is 107 Å². The number of ether oxygens (including phenoxy) is 1. The molecule has 0 aliphatic carbocycles. The second kappa shape index (κ2) is 11.7. The minimum atomic E-state index is -0.454. The molecule has 1 saturated heterocycles. The van der Waals surface area contributed by atoms with E-state index >= 15 is 0 Å². The molecule has 1 fully saturated rings. The van der Waals surface area contributed by atoms with Crippen molar-refractivity contribution in [1.29, 1.82) is 0 Å². The fraction of sp³-hybridized carbons (Fsp3) is 0.357. The molecule has 4 rings (SSSR count). The highest BCUT2D eigenvalue weighted by Crippen LogP contribution is 2.28. The maximum Gasteiger partial charge on any atom is 0.123 e. The number of hydrogen-bond acceptors (Lipinski definition) is 4. The van der Waals surface area contributed by atoms with Gasteiger partial charge in [-0.15, -0.1) is 0 Å². The quantitative estimate of drug-likeness (QED) is 0.491. The number of aliphatic hydroxyl groups is 1. The van der Waals surface area contributed by atoms with Crippen molar-refractivity contribution >= 4 is 0 Å². The zero-order valence-corrected chi connectivity index (χ0v) is 19.5. The van der Waals surface area contributed by atoms with Crippen molar-refractivity contribution in [2.45, 2.75) is 25.2 Å². The molecule has 6 heteroatoms. The van der Waals surface area contributed by atoms with Crippen molar-refractivity contribution < 1.29 is 18.6 Å². The molecule has 34 heavy (non-hydrogen) atoms. The predicted molar refractivity (Wildman–Crippen MR) is 129 cm³/mol. The highest BCUT2D eigenvalue weighted by atomic mass is 19.1. The Hall–Kier alpha value is -2.64. The number of benzene rings is 3. The largest absolute Gasteiger partial charge is 0.391 e. The molecule has 3 aromatic rings. The maximum atomic E-state index is 13.4. The van der Waals surface area contributed by atoms with E-state index in [9.17, 15) is 13.9 Å². The van der Waals surface area contributed by atoms with Gasteiger partial charge >= 0.3 is 0 Å². The number of aliphatic hydroxyl groups excluding tert-OH is 1. The summed E-state index contributed by atoms with van der Waals surface area (Å²) in [5.41, 5.74) is 2.80. The summed E-state index contributed by atoms with van der Waals surface area (Å²) in [5, 5.41) is 10.4. The summed E-state index contributed by atoms with van der Waals surface area (Å²) in [4.78, 5) is 4.70. The van der Waals surface area contributed by atoms with Crippen LogP contribution in [0.2, 0.25) is 0 Å². The second-order valence-electron chi connectivity index (χ2n) is 8.83. The second-order valence-corrected chi connectivity index (χ2v) is 8.83. The van der Waals surface area contributed by atoms with Gasteiger partial charge in [-0.2, -0.15) is 0 Å². The lowest BCUT2D eigenvalue weighted by atomic mass is 10.00. The topological polar surface area (TPSA) is 35.9 Å². The van der Waals surface area contributed by atoms with Gasteiger partial charge in [-0.1, -0.05) is 54.6 Å². The van der Waals surface area contributed by atoms with E-state index in [1.807, 2.05) is 25.1 Å². The molecule has 0 spiro atoms. The summed E-state index contributed by atoms with van der Waals surface area (Å²) >= 11 is 0. The van der Waals surface area contributed by atoms with E-state index in [-0.39, 0.29) is 23.8 Å². The van der Waals surface area contributed by atoms with E-state index in [0.29, 0.717) is 6.61 Å². The molecule has 0 bridgehead atoms. The van der Waals surface area contributed by atoms with E-state index in [1.165, 1.54) is 24.3 Å². The molecule has 0 aromatic heterocycles. The highest BCUT2D eigenvalue weighted by Gasteiger charge is 2.28. The minimum absolute atomic E-state index is 0.0130. The fourth-order valence-electron chi connectivity index (χ4n) is 4.67. The molecular formula is C28H32F2N2O2. The molecule has 1 aliphatic heterocycles. The van der Waals surface area contributed by atoms with Crippen molar-refractivity contribution in [3.63, 3.8) is 0 Å². The minimum Gasteiger partial charge on any atom is -0.391 e. The van der Waals surface area contributed by atoms with Gasteiger partial charge in [0.25, 0.3) is 0 Å². The average molecular weight is 467 g/mol. The maximum absolute atomic E-state index is 13.4. The van der Waals surface area contributed by atoms with E-state index in [0.717, 1.165) is 49.4 Å². The van der Waals surface area contributed by atoms with Crippen molar-refractivity contribution in [1.82, 2.24) is 9.80 Å². The number of piperazine rings is 1. The third-order valence-electron chi connectivity index (χ3n) is 6.44. The Balaban J connectivity index is 1.34. The molecule has 2 atom stereocenters. The van der Waals surface area contributed by atoms with Crippen LogP contribution in [0.1, 0.15) is 35.8 Å². The highest BCUT2D eigenvalue weighted by molar-refractivity contribution is 5.30. The third kappa shape index (κ3) is 6.27. The van der Waals surface area contributed by atoms with Crippen LogP contribution in [0.5, 0.6) is 0 Å². The predicted octanol–water partition coefficient (Wildman–Crippen LogP) is 4.81. The Morgan fingerprint density at radius 3 is 1.79 bits per heavy atom. The van der Waals surface area contributed by atoms with E-state index < -0.39 is 6.10 Å². The first-order valence-corrected chi connectivity index (χ1v) is 11.8. The van der Waals surface area contributed by atoms with E-state index in [1.54, 1.807) is 24.3 Å². The number of rotatable bonds is 9. The number of nitrogens with zero attached hydrogens (tertiary/aromatic N) is 2. The molecule has 0 unspecified atom stereocenters.